The summed E-state index contributed by atoms with van der Waals surface area (Å²) < 4.78 is 0. The molecule has 2 heterocycles. The molecule has 6 heteroatoms. The lowest BCUT2D eigenvalue weighted by atomic mass is 10.0. The molecule has 0 aliphatic rings. The summed E-state index contributed by atoms with van der Waals surface area (Å²) in [5.74, 6) is 0.299. The molecule has 0 bridgehead atoms. The summed E-state index contributed by atoms with van der Waals surface area (Å²) in [5.41, 5.74) is 4.19. The number of fused-ring (bicyclic) bond motifs is 1. The van der Waals surface area contributed by atoms with Gasteiger partial charge in [-0.05, 0) is 36.1 Å². The van der Waals surface area contributed by atoms with Crippen LogP contribution in [0.3, 0.4) is 0 Å². The van der Waals surface area contributed by atoms with Crippen LogP contribution in [0.1, 0.15) is 22.0 Å². The molecule has 1 unspecified atom stereocenters. The number of nitrogens with zero attached hydrogens (tertiary/aromatic N) is 1. The van der Waals surface area contributed by atoms with Crippen molar-refractivity contribution in [3.05, 3.63) is 82.0 Å². The second-order valence-electron chi connectivity index (χ2n) is 6.27. The van der Waals surface area contributed by atoms with Crippen LogP contribution in [0.5, 0.6) is 0 Å². The van der Waals surface area contributed by atoms with Gasteiger partial charge in [-0.3, -0.25) is 4.79 Å². The number of H-pyrrole nitrogens is 1. The minimum absolute atomic E-state index is 0.0144. The zero-order valence-corrected chi connectivity index (χ0v) is 16.4. The lowest BCUT2D eigenvalue weighted by Gasteiger charge is -2.18. The van der Waals surface area contributed by atoms with Crippen molar-refractivity contribution >= 4 is 40.0 Å². The number of thioether (sulfide) groups is 1. The summed E-state index contributed by atoms with van der Waals surface area (Å²) in [6.07, 6.45) is 0. The van der Waals surface area contributed by atoms with Crippen LogP contribution >= 0.6 is 23.1 Å². The van der Waals surface area contributed by atoms with Gasteiger partial charge in [0.05, 0.1) is 22.8 Å². The van der Waals surface area contributed by atoms with Crippen molar-refractivity contribution in [1.82, 2.24) is 15.3 Å². The molecule has 2 aromatic heterocycles. The number of aromatic amines is 1. The SMILES string of the molecule is Cc1ccc(C(NC(=O)CSc2nc3ccccc3[nH]2)c2cccs2)cc1. The quantitative estimate of drug-likeness (QED) is 0.457. The van der Waals surface area contributed by atoms with Gasteiger partial charge in [0.2, 0.25) is 5.91 Å². The van der Waals surface area contributed by atoms with E-state index < -0.39 is 0 Å². The van der Waals surface area contributed by atoms with Gasteiger partial charge in [-0.25, -0.2) is 4.98 Å². The van der Waals surface area contributed by atoms with Gasteiger partial charge in [0.1, 0.15) is 0 Å². The van der Waals surface area contributed by atoms with Gasteiger partial charge in [-0.1, -0.05) is 59.8 Å². The Labute approximate surface area is 166 Å². The fraction of sp³-hybridized carbons (Fsp3) is 0.143. The average Bonchev–Trinajstić information content (AvgIpc) is 3.34. The van der Waals surface area contributed by atoms with Crippen molar-refractivity contribution in [2.45, 2.75) is 18.1 Å². The first-order chi connectivity index (χ1) is 13.2. The number of aromatic nitrogens is 2. The summed E-state index contributed by atoms with van der Waals surface area (Å²) in [6.45, 7) is 2.06. The largest absolute Gasteiger partial charge is 0.344 e. The molecule has 4 rings (SSSR count). The molecule has 0 aliphatic carbocycles. The maximum atomic E-state index is 12.6. The lowest BCUT2D eigenvalue weighted by Crippen LogP contribution is -2.30. The molecule has 0 saturated carbocycles. The Hall–Kier alpha value is -2.57. The topological polar surface area (TPSA) is 57.8 Å². The number of hydrogen-bond acceptors (Lipinski definition) is 4. The van der Waals surface area contributed by atoms with Gasteiger partial charge in [-0.15, -0.1) is 11.3 Å². The van der Waals surface area contributed by atoms with Gasteiger partial charge in [0, 0.05) is 4.88 Å². The predicted molar refractivity (Wildman–Crippen MR) is 112 cm³/mol. The number of carbonyl (C=O) groups excluding carboxylic acids is 1. The highest BCUT2D eigenvalue weighted by Crippen LogP contribution is 2.27. The van der Waals surface area contributed by atoms with Crippen LogP contribution in [0.25, 0.3) is 11.0 Å². The molecule has 2 N–H and O–H groups in total. The van der Waals surface area contributed by atoms with Crippen molar-refractivity contribution in [3.63, 3.8) is 0 Å². The summed E-state index contributed by atoms with van der Waals surface area (Å²) in [6, 6.07) is 20.1. The Morgan fingerprint density at radius 2 is 1.96 bits per heavy atom. The molecule has 2 aromatic carbocycles. The fourth-order valence-corrected chi connectivity index (χ4v) is 4.37. The van der Waals surface area contributed by atoms with Gasteiger partial charge in [0.25, 0.3) is 0 Å². The van der Waals surface area contributed by atoms with Crippen molar-refractivity contribution in [3.8, 4) is 0 Å². The van der Waals surface area contributed by atoms with E-state index in [2.05, 4.69) is 52.5 Å². The van der Waals surface area contributed by atoms with Crippen molar-refractivity contribution in [2.75, 3.05) is 5.75 Å². The Bertz CT molecular complexity index is 1010. The number of imidazole rings is 1. The number of nitrogens with one attached hydrogen (secondary N) is 2. The van der Waals surface area contributed by atoms with Crippen LogP contribution < -0.4 is 5.32 Å². The summed E-state index contributed by atoms with van der Waals surface area (Å²) >= 11 is 3.07. The molecular weight excluding hydrogens is 374 g/mol. The zero-order chi connectivity index (χ0) is 18.6. The number of rotatable bonds is 6. The number of carbonyl (C=O) groups is 1. The van der Waals surface area contributed by atoms with E-state index in [9.17, 15) is 4.79 Å². The predicted octanol–water partition coefficient (Wildman–Crippen LogP) is 4.93. The maximum absolute atomic E-state index is 12.6. The molecule has 27 heavy (non-hydrogen) atoms. The van der Waals surface area contributed by atoms with Gasteiger partial charge < -0.3 is 10.3 Å². The standard InChI is InChI=1S/C21H19N3OS2/c1-14-8-10-15(11-9-14)20(18-7-4-12-26-18)24-19(25)13-27-21-22-16-5-2-3-6-17(16)23-21/h2-12,20H,13H2,1H3,(H,22,23)(H,24,25). The molecule has 0 spiro atoms. The minimum Gasteiger partial charge on any atom is -0.344 e. The molecule has 4 nitrogen and oxygen atoms in total. The summed E-state index contributed by atoms with van der Waals surface area (Å²) in [7, 11) is 0. The van der Waals surface area contributed by atoms with E-state index >= 15 is 0 Å². The Kier molecular flexibility index (Phi) is 5.27. The van der Waals surface area contributed by atoms with Crippen molar-refractivity contribution < 1.29 is 4.79 Å². The zero-order valence-electron chi connectivity index (χ0n) is 14.8. The number of para-hydroxylation sites is 2. The highest BCUT2D eigenvalue weighted by Gasteiger charge is 2.18. The first-order valence-corrected chi connectivity index (χ1v) is 10.5. The van der Waals surface area contributed by atoms with E-state index in [1.54, 1.807) is 11.3 Å². The molecule has 0 fully saturated rings. The monoisotopic (exact) mass is 393 g/mol. The molecule has 0 aliphatic heterocycles. The van der Waals surface area contributed by atoms with Crippen LogP contribution in [0.4, 0.5) is 0 Å². The van der Waals surface area contributed by atoms with Crippen LogP contribution in [-0.4, -0.2) is 21.6 Å². The van der Waals surface area contributed by atoms with E-state index in [1.807, 2.05) is 35.7 Å². The van der Waals surface area contributed by atoms with Crippen LogP contribution in [0, 0.1) is 6.92 Å². The second kappa shape index (κ2) is 7.98. The number of thiophene rings is 1. The Morgan fingerprint density at radius 3 is 2.70 bits per heavy atom. The maximum Gasteiger partial charge on any atom is 0.231 e. The molecule has 0 radical (unpaired) electrons. The molecule has 136 valence electrons. The minimum atomic E-state index is -0.130. The molecule has 1 atom stereocenters. The van der Waals surface area contributed by atoms with Crippen molar-refractivity contribution in [2.24, 2.45) is 0 Å². The van der Waals surface area contributed by atoms with Crippen molar-refractivity contribution in [1.29, 1.82) is 0 Å². The highest BCUT2D eigenvalue weighted by molar-refractivity contribution is 7.99. The first-order valence-electron chi connectivity index (χ1n) is 8.66. The van der Waals surface area contributed by atoms with E-state index in [0.717, 1.165) is 26.6 Å². The van der Waals surface area contributed by atoms with Crippen LogP contribution in [0.2, 0.25) is 0 Å². The van der Waals surface area contributed by atoms with Gasteiger partial charge in [0.15, 0.2) is 5.16 Å². The van der Waals surface area contributed by atoms with E-state index in [-0.39, 0.29) is 11.9 Å². The molecule has 4 aromatic rings. The van der Waals surface area contributed by atoms with Gasteiger partial charge in [-0.2, -0.15) is 0 Å². The summed E-state index contributed by atoms with van der Waals surface area (Å²) in [4.78, 5) is 21.5. The molecule has 0 saturated heterocycles. The molecular formula is C21H19N3OS2. The first kappa shape index (κ1) is 17.8. The fourth-order valence-electron chi connectivity index (χ4n) is 2.87. The Balaban J connectivity index is 1.46. The highest BCUT2D eigenvalue weighted by atomic mass is 32.2. The molecule has 1 amide bonds. The van der Waals surface area contributed by atoms with E-state index in [4.69, 9.17) is 0 Å². The number of amides is 1. The smallest absolute Gasteiger partial charge is 0.231 e. The second-order valence-corrected chi connectivity index (χ2v) is 8.22. The normalized spacial score (nSPS) is 12.2. The third-order valence-electron chi connectivity index (χ3n) is 4.25. The number of aryl methyl sites for hydroxylation is 1. The van der Waals surface area contributed by atoms with E-state index in [1.165, 1.54) is 17.3 Å². The third kappa shape index (κ3) is 4.23. The summed E-state index contributed by atoms with van der Waals surface area (Å²) in [5, 5.41) is 5.96. The van der Waals surface area contributed by atoms with E-state index in [0.29, 0.717) is 5.75 Å². The van der Waals surface area contributed by atoms with Crippen LogP contribution in [0.15, 0.2) is 71.2 Å². The number of hydrogen-bond donors (Lipinski definition) is 2. The average molecular weight is 394 g/mol. The Morgan fingerprint density at radius 1 is 1.15 bits per heavy atom. The van der Waals surface area contributed by atoms with Crippen LogP contribution in [-0.2, 0) is 4.79 Å². The van der Waals surface area contributed by atoms with Gasteiger partial charge >= 0.3 is 0 Å². The third-order valence-corrected chi connectivity index (χ3v) is 6.06. The number of benzene rings is 2. The lowest BCUT2D eigenvalue weighted by molar-refractivity contribution is -0.119.